The minimum absolute atomic E-state index is 0.146. The topological polar surface area (TPSA) is 98.1 Å². The molecule has 2 aromatic rings. The van der Waals surface area contributed by atoms with E-state index in [0.29, 0.717) is 18.0 Å². The first kappa shape index (κ1) is 24.3. The highest BCUT2D eigenvalue weighted by molar-refractivity contribution is 6.50. The second kappa shape index (κ2) is 10.8. The maximum Gasteiger partial charge on any atom is 0.416 e. The van der Waals surface area contributed by atoms with Gasteiger partial charge in [0.2, 0.25) is 5.78 Å². The average Bonchev–Trinajstić information content (AvgIpc) is 2.75. The van der Waals surface area contributed by atoms with Gasteiger partial charge in [0.1, 0.15) is 5.71 Å². The van der Waals surface area contributed by atoms with Gasteiger partial charge in [-0.2, -0.15) is 22.0 Å². The summed E-state index contributed by atoms with van der Waals surface area (Å²) in [6, 6.07) is 12.1. The number of ketones is 1. The van der Waals surface area contributed by atoms with E-state index in [1.54, 1.807) is 30.3 Å². The second-order valence-corrected chi connectivity index (χ2v) is 6.05. The number of benzene rings is 2. The summed E-state index contributed by atoms with van der Waals surface area (Å²) < 4.78 is 68.3. The lowest BCUT2D eigenvalue weighted by Crippen LogP contribution is -2.25. The summed E-state index contributed by atoms with van der Waals surface area (Å²) >= 11 is 0. The maximum absolute atomic E-state index is 12.8. The van der Waals surface area contributed by atoms with Crippen molar-refractivity contribution in [3.05, 3.63) is 83.9 Å². The van der Waals surface area contributed by atoms with E-state index < -0.39 is 35.6 Å². The average molecular weight is 452 g/mol. The van der Waals surface area contributed by atoms with Crippen LogP contribution in [0.5, 0.6) is 0 Å². The van der Waals surface area contributed by atoms with Gasteiger partial charge in [-0.05, 0) is 36.4 Å². The summed E-state index contributed by atoms with van der Waals surface area (Å²) in [5.74, 6) is -2.30. The zero-order valence-corrected chi connectivity index (χ0v) is 16.2. The third-order valence-electron chi connectivity index (χ3n) is 3.80. The molecule has 0 radical (unpaired) electrons. The number of carbonyl (C=O) groups excluding carboxylic acids is 1. The number of anilines is 2. The molecule has 0 saturated carbocycles. The van der Waals surface area contributed by atoms with E-state index in [9.17, 15) is 26.7 Å². The molecule has 6 nitrogen and oxygen atoms in total. The van der Waals surface area contributed by atoms with Gasteiger partial charge in [-0.15, -0.1) is 0 Å². The van der Waals surface area contributed by atoms with Crippen LogP contribution in [0.4, 0.5) is 33.3 Å². The fraction of sp³-hybridized carbons (Fsp3) is 0.0952. The SMILES string of the molecule is N=C/C=C(\Nc1ccccc1)C(=N)C(=O)/C(=C\Nc1cccc(C(F)(F)F)c1)OC(F)F. The molecule has 0 bridgehead atoms. The molecule has 0 amide bonds. The first-order valence-corrected chi connectivity index (χ1v) is 8.87. The van der Waals surface area contributed by atoms with Gasteiger partial charge in [0.15, 0.2) is 5.76 Å². The van der Waals surface area contributed by atoms with Crippen LogP contribution in [0.1, 0.15) is 5.56 Å². The van der Waals surface area contributed by atoms with Crippen molar-refractivity contribution >= 4 is 29.1 Å². The van der Waals surface area contributed by atoms with Crippen LogP contribution >= 0.6 is 0 Å². The molecule has 0 atom stereocenters. The number of halogens is 5. The predicted octanol–water partition coefficient (Wildman–Crippen LogP) is 5.43. The van der Waals surface area contributed by atoms with Crippen molar-refractivity contribution in [2.24, 2.45) is 0 Å². The summed E-state index contributed by atoms with van der Waals surface area (Å²) in [7, 11) is 0. The lowest BCUT2D eigenvalue weighted by molar-refractivity contribution is -0.137. The van der Waals surface area contributed by atoms with Gasteiger partial charge in [0.05, 0.1) is 11.3 Å². The Kier molecular flexibility index (Phi) is 8.22. The van der Waals surface area contributed by atoms with Crippen LogP contribution in [-0.2, 0) is 15.7 Å². The first-order chi connectivity index (χ1) is 15.1. The summed E-state index contributed by atoms with van der Waals surface area (Å²) in [5, 5.41) is 20.3. The third kappa shape index (κ3) is 7.04. The predicted molar refractivity (Wildman–Crippen MR) is 110 cm³/mol. The minimum atomic E-state index is -4.63. The van der Waals surface area contributed by atoms with E-state index in [-0.39, 0.29) is 11.4 Å². The number of allylic oxidation sites excluding steroid dienone is 3. The van der Waals surface area contributed by atoms with Crippen LogP contribution in [0.15, 0.2) is 78.3 Å². The molecule has 2 rings (SSSR count). The zero-order valence-electron chi connectivity index (χ0n) is 16.2. The van der Waals surface area contributed by atoms with Crippen LogP contribution in [0.25, 0.3) is 0 Å². The Morgan fingerprint density at radius 3 is 2.28 bits per heavy atom. The number of ether oxygens (including phenoxy) is 1. The Morgan fingerprint density at radius 1 is 1.03 bits per heavy atom. The lowest BCUT2D eigenvalue weighted by Gasteiger charge is -2.14. The van der Waals surface area contributed by atoms with Crippen molar-refractivity contribution in [3.8, 4) is 0 Å². The van der Waals surface area contributed by atoms with Gasteiger partial charge >= 0.3 is 12.8 Å². The number of hydrogen-bond donors (Lipinski definition) is 4. The highest BCUT2D eigenvalue weighted by Crippen LogP contribution is 2.30. The van der Waals surface area contributed by atoms with Crippen molar-refractivity contribution in [1.29, 1.82) is 10.8 Å². The summed E-state index contributed by atoms with van der Waals surface area (Å²) in [4.78, 5) is 12.6. The number of hydrogen-bond acceptors (Lipinski definition) is 6. The highest BCUT2D eigenvalue weighted by atomic mass is 19.4. The van der Waals surface area contributed by atoms with Crippen LogP contribution in [0, 0.1) is 10.8 Å². The van der Waals surface area contributed by atoms with Crippen LogP contribution < -0.4 is 10.6 Å². The van der Waals surface area contributed by atoms with E-state index in [1.165, 1.54) is 6.07 Å². The molecule has 0 aliphatic carbocycles. The molecule has 168 valence electrons. The van der Waals surface area contributed by atoms with E-state index in [2.05, 4.69) is 15.4 Å². The lowest BCUT2D eigenvalue weighted by atomic mass is 10.1. The second-order valence-electron chi connectivity index (χ2n) is 6.05. The minimum Gasteiger partial charge on any atom is -0.429 e. The zero-order chi connectivity index (χ0) is 23.7. The summed E-state index contributed by atoms with van der Waals surface area (Å²) in [5.41, 5.74) is -1.67. The Hall–Kier alpha value is -4.02. The van der Waals surface area contributed by atoms with Gasteiger partial charge in [-0.3, -0.25) is 10.2 Å². The number of carbonyl (C=O) groups is 1. The van der Waals surface area contributed by atoms with E-state index in [4.69, 9.17) is 10.8 Å². The molecule has 4 N–H and O–H groups in total. The Morgan fingerprint density at radius 2 is 1.69 bits per heavy atom. The summed E-state index contributed by atoms with van der Waals surface area (Å²) in [6.45, 7) is -3.43. The first-order valence-electron chi connectivity index (χ1n) is 8.87. The highest BCUT2D eigenvalue weighted by Gasteiger charge is 2.30. The van der Waals surface area contributed by atoms with Crippen molar-refractivity contribution in [1.82, 2.24) is 0 Å². The Balaban J connectivity index is 2.28. The quantitative estimate of drug-likeness (QED) is 0.167. The standard InChI is InChI=1S/C21H17F5N4O2/c22-20(23)32-17(12-29-15-8-4-5-13(11-15)21(24,25)26)19(31)18(28)16(9-10-27)30-14-6-2-1-3-7-14/h1-12,20,27-30H/b16-9-,17-12+,27-10?,28-18?. The maximum atomic E-state index is 12.8. The van der Waals surface area contributed by atoms with Crippen molar-refractivity contribution in [3.63, 3.8) is 0 Å². The van der Waals surface area contributed by atoms with E-state index in [0.717, 1.165) is 24.4 Å². The molecular formula is C21H17F5N4O2. The number of alkyl halides is 5. The van der Waals surface area contributed by atoms with E-state index in [1.807, 2.05) is 0 Å². The van der Waals surface area contributed by atoms with Crippen LogP contribution in [-0.4, -0.2) is 24.3 Å². The third-order valence-corrected chi connectivity index (χ3v) is 3.80. The Bertz CT molecular complexity index is 1030. The van der Waals surface area contributed by atoms with Crippen molar-refractivity contribution in [2.75, 3.05) is 10.6 Å². The van der Waals surface area contributed by atoms with Gasteiger partial charge in [0.25, 0.3) is 0 Å². The largest absolute Gasteiger partial charge is 0.429 e. The molecule has 0 heterocycles. The van der Waals surface area contributed by atoms with Gasteiger partial charge in [0, 0.05) is 23.8 Å². The number of Topliss-reactive ketones (excluding diaryl/α,β-unsaturated/α-hetero) is 1. The molecule has 0 aliphatic heterocycles. The molecule has 32 heavy (non-hydrogen) atoms. The van der Waals surface area contributed by atoms with Gasteiger partial charge < -0.3 is 20.8 Å². The molecule has 11 heteroatoms. The van der Waals surface area contributed by atoms with Crippen LogP contribution in [0.2, 0.25) is 0 Å². The van der Waals surface area contributed by atoms with Crippen molar-refractivity contribution < 1.29 is 31.5 Å². The van der Waals surface area contributed by atoms with Crippen molar-refractivity contribution in [2.45, 2.75) is 12.8 Å². The smallest absolute Gasteiger partial charge is 0.416 e. The fourth-order valence-corrected chi connectivity index (χ4v) is 2.38. The number of nitrogens with one attached hydrogen (secondary N) is 4. The van der Waals surface area contributed by atoms with Gasteiger partial charge in [-0.1, -0.05) is 24.3 Å². The molecule has 0 unspecified atom stereocenters. The number of rotatable bonds is 10. The van der Waals surface area contributed by atoms with Crippen LogP contribution in [0.3, 0.4) is 0 Å². The van der Waals surface area contributed by atoms with Gasteiger partial charge in [-0.25, -0.2) is 0 Å². The van der Waals surface area contributed by atoms with E-state index >= 15 is 0 Å². The monoisotopic (exact) mass is 452 g/mol. The molecular weight excluding hydrogens is 435 g/mol. The fourth-order valence-electron chi connectivity index (χ4n) is 2.38. The summed E-state index contributed by atoms with van der Waals surface area (Å²) in [6.07, 6.45) is -2.14. The molecule has 0 spiro atoms. The Labute approximate surface area is 179 Å². The number of para-hydroxylation sites is 1. The molecule has 2 aromatic carbocycles. The molecule has 0 aromatic heterocycles. The normalized spacial score (nSPS) is 12.3. The molecule has 0 aliphatic rings. The molecule has 0 saturated heterocycles. The molecule has 0 fully saturated rings.